The van der Waals surface area contributed by atoms with Crippen molar-refractivity contribution in [2.45, 2.75) is 36.8 Å². The van der Waals surface area contributed by atoms with Crippen LogP contribution in [-0.4, -0.2) is 0 Å². The van der Waals surface area contributed by atoms with E-state index in [-0.39, 0.29) is 5.41 Å². The molecule has 2 rings (SSSR count). The first-order chi connectivity index (χ1) is 9.36. The van der Waals surface area contributed by atoms with Crippen LogP contribution >= 0.6 is 23.4 Å². The predicted octanol–water partition coefficient (Wildman–Crippen LogP) is 5.51. The molecular weight excluding hydrogens is 286 g/mol. The number of rotatable bonds is 3. The monoisotopic (exact) mass is 305 g/mol. The number of anilines is 1. The molecule has 2 aromatic carbocycles. The highest BCUT2D eigenvalue weighted by Gasteiger charge is 2.12. The molecule has 1 nitrogen and oxygen atoms in total. The van der Waals surface area contributed by atoms with E-state index < -0.39 is 0 Å². The lowest BCUT2D eigenvalue weighted by molar-refractivity contribution is 0.590. The van der Waals surface area contributed by atoms with Crippen LogP contribution in [0.4, 0.5) is 5.69 Å². The Balaban J connectivity index is 2.06. The second kappa shape index (κ2) is 6.11. The van der Waals surface area contributed by atoms with Crippen LogP contribution in [0.3, 0.4) is 0 Å². The second-order valence-corrected chi connectivity index (χ2v) is 7.35. The molecule has 0 atom stereocenters. The molecule has 0 radical (unpaired) electrons. The Bertz CT molecular complexity index is 585. The molecule has 0 aliphatic rings. The van der Waals surface area contributed by atoms with Crippen molar-refractivity contribution in [1.29, 1.82) is 0 Å². The Morgan fingerprint density at radius 2 is 1.70 bits per heavy atom. The third-order valence-electron chi connectivity index (χ3n) is 3.17. The molecule has 0 saturated heterocycles. The molecule has 0 aromatic heterocycles. The smallest absolute Gasteiger partial charge is 0.0543 e. The summed E-state index contributed by atoms with van der Waals surface area (Å²) in [7, 11) is 0. The molecule has 0 spiro atoms. The minimum absolute atomic E-state index is 0.197. The molecule has 0 saturated carbocycles. The lowest BCUT2D eigenvalue weighted by Crippen LogP contribution is -2.10. The first-order valence-electron chi connectivity index (χ1n) is 6.63. The van der Waals surface area contributed by atoms with E-state index in [1.54, 1.807) is 11.8 Å². The molecule has 3 heteroatoms. The van der Waals surface area contributed by atoms with E-state index in [2.05, 4.69) is 45.0 Å². The van der Waals surface area contributed by atoms with Gasteiger partial charge in [0.2, 0.25) is 0 Å². The van der Waals surface area contributed by atoms with Gasteiger partial charge in [-0.15, -0.1) is 11.8 Å². The van der Waals surface area contributed by atoms with Gasteiger partial charge < -0.3 is 5.73 Å². The van der Waals surface area contributed by atoms with Crippen molar-refractivity contribution in [3.05, 3.63) is 58.6 Å². The highest BCUT2D eigenvalue weighted by atomic mass is 35.5. The first-order valence-corrected chi connectivity index (χ1v) is 8.00. The van der Waals surface area contributed by atoms with Gasteiger partial charge in [-0.25, -0.2) is 0 Å². The minimum atomic E-state index is 0.197. The number of halogens is 1. The fourth-order valence-corrected chi connectivity index (χ4v) is 3.11. The molecule has 2 aromatic rings. The summed E-state index contributed by atoms with van der Waals surface area (Å²) in [6, 6.07) is 14.4. The van der Waals surface area contributed by atoms with Gasteiger partial charge in [-0.05, 0) is 34.7 Å². The lowest BCUT2D eigenvalue weighted by Gasteiger charge is -2.19. The van der Waals surface area contributed by atoms with Crippen molar-refractivity contribution in [3.63, 3.8) is 0 Å². The minimum Gasteiger partial charge on any atom is -0.399 e. The van der Waals surface area contributed by atoms with Crippen molar-refractivity contribution < 1.29 is 0 Å². The van der Waals surface area contributed by atoms with Gasteiger partial charge in [-0.2, -0.15) is 0 Å². The van der Waals surface area contributed by atoms with E-state index in [4.69, 9.17) is 17.3 Å². The van der Waals surface area contributed by atoms with Crippen molar-refractivity contribution in [1.82, 2.24) is 0 Å². The van der Waals surface area contributed by atoms with Crippen molar-refractivity contribution in [2.75, 3.05) is 5.73 Å². The SMILES string of the molecule is CC(C)(C)c1ccc(CSc2cc(N)ccc2Cl)cc1. The maximum atomic E-state index is 6.17. The number of hydrogen-bond acceptors (Lipinski definition) is 2. The number of nitrogen functional groups attached to an aromatic ring is 1. The van der Waals surface area contributed by atoms with E-state index in [0.29, 0.717) is 0 Å². The Morgan fingerprint density at radius 1 is 1.05 bits per heavy atom. The Morgan fingerprint density at radius 3 is 2.30 bits per heavy atom. The summed E-state index contributed by atoms with van der Waals surface area (Å²) in [4.78, 5) is 1.03. The Labute approximate surface area is 130 Å². The van der Waals surface area contributed by atoms with Gasteiger partial charge in [0.1, 0.15) is 0 Å². The maximum Gasteiger partial charge on any atom is 0.0543 e. The van der Waals surface area contributed by atoms with E-state index >= 15 is 0 Å². The molecule has 0 unspecified atom stereocenters. The summed E-state index contributed by atoms with van der Waals surface area (Å²) in [6.45, 7) is 6.68. The average Bonchev–Trinajstić information content (AvgIpc) is 2.39. The summed E-state index contributed by atoms with van der Waals surface area (Å²) in [5.74, 6) is 0.896. The highest BCUT2D eigenvalue weighted by molar-refractivity contribution is 7.98. The number of hydrogen-bond donors (Lipinski definition) is 1. The molecule has 106 valence electrons. The quantitative estimate of drug-likeness (QED) is 0.597. The predicted molar refractivity (Wildman–Crippen MR) is 90.6 cm³/mol. The summed E-state index contributed by atoms with van der Waals surface area (Å²) in [6.07, 6.45) is 0. The molecule has 20 heavy (non-hydrogen) atoms. The van der Waals surface area contributed by atoms with E-state index in [1.165, 1.54) is 11.1 Å². The third kappa shape index (κ3) is 3.94. The molecule has 0 aliphatic heterocycles. The van der Waals surface area contributed by atoms with Crippen LogP contribution in [0, 0.1) is 0 Å². The van der Waals surface area contributed by atoms with Crippen LogP contribution in [0.5, 0.6) is 0 Å². The summed E-state index contributed by atoms with van der Waals surface area (Å²) >= 11 is 7.89. The van der Waals surface area contributed by atoms with E-state index in [1.807, 2.05) is 18.2 Å². The number of nitrogens with two attached hydrogens (primary N) is 1. The van der Waals surface area contributed by atoms with Crippen LogP contribution in [-0.2, 0) is 11.2 Å². The molecule has 0 heterocycles. The van der Waals surface area contributed by atoms with Gasteiger partial charge in [-0.1, -0.05) is 56.6 Å². The summed E-state index contributed by atoms with van der Waals surface area (Å²) < 4.78 is 0. The zero-order chi connectivity index (χ0) is 14.8. The van der Waals surface area contributed by atoms with Crippen molar-refractivity contribution in [3.8, 4) is 0 Å². The molecule has 0 aliphatic carbocycles. The fourth-order valence-electron chi connectivity index (χ4n) is 1.89. The van der Waals surface area contributed by atoms with Crippen LogP contribution in [0.1, 0.15) is 31.9 Å². The molecule has 0 amide bonds. The van der Waals surface area contributed by atoms with Crippen LogP contribution in [0.15, 0.2) is 47.4 Å². The maximum absolute atomic E-state index is 6.17. The van der Waals surface area contributed by atoms with Crippen molar-refractivity contribution in [2.24, 2.45) is 0 Å². The zero-order valence-electron chi connectivity index (χ0n) is 12.1. The topological polar surface area (TPSA) is 26.0 Å². The van der Waals surface area contributed by atoms with E-state index in [0.717, 1.165) is 21.4 Å². The third-order valence-corrected chi connectivity index (χ3v) is 4.74. The Kier molecular flexibility index (Phi) is 4.66. The number of benzene rings is 2. The van der Waals surface area contributed by atoms with Gasteiger partial charge >= 0.3 is 0 Å². The average molecular weight is 306 g/mol. The lowest BCUT2D eigenvalue weighted by atomic mass is 9.87. The normalized spacial score (nSPS) is 11.6. The van der Waals surface area contributed by atoms with Crippen LogP contribution in [0.2, 0.25) is 5.02 Å². The fraction of sp³-hybridized carbons (Fsp3) is 0.294. The Hall–Kier alpha value is -1.12. The van der Waals surface area contributed by atoms with Crippen molar-refractivity contribution >= 4 is 29.1 Å². The highest BCUT2D eigenvalue weighted by Crippen LogP contribution is 2.32. The summed E-state index contributed by atoms with van der Waals surface area (Å²) in [5, 5.41) is 0.760. The number of thioether (sulfide) groups is 1. The van der Waals surface area contributed by atoms with Gasteiger partial charge in [-0.3, -0.25) is 0 Å². The molecule has 2 N–H and O–H groups in total. The van der Waals surface area contributed by atoms with Crippen LogP contribution in [0.25, 0.3) is 0 Å². The van der Waals surface area contributed by atoms with Gasteiger partial charge in [0.25, 0.3) is 0 Å². The molecule has 0 fully saturated rings. The molecule has 0 bridgehead atoms. The second-order valence-electron chi connectivity index (χ2n) is 5.93. The van der Waals surface area contributed by atoms with Gasteiger partial charge in [0.15, 0.2) is 0 Å². The zero-order valence-corrected chi connectivity index (χ0v) is 13.7. The van der Waals surface area contributed by atoms with E-state index in [9.17, 15) is 0 Å². The van der Waals surface area contributed by atoms with Gasteiger partial charge in [0, 0.05) is 16.3 Å². The van der Waals surface area contributed by atoms with Gasteiger partial charge in [0.05, 0.1) is 5.02 Å². The standard InChI is InChI=1S/C17H20ClNS/c1-17(2,3)13-6-4-12(5-7-13)11-20-16-10-14(19)8-9-15(16)18/h4-10H,11,19H2,1-3H3. The molecular formula is C17H20ClNS. The first kappa shape index (κ1) is 15.3. The summed E-state index contributed by atoms with van der Waals surface area (Å²) in [5.41, 5.74) is 9.39. The largest absolute Gasteiger partial charge is 0.399 e. The van der Waals surface area contributed by atoms with Crippen LogP contribution < -0.4 is 5.73 Å².